The number of hydrogen-bond donors (Lipinski definition) is 0. The molecular formula is C18H19NO3. The predicted octanol–water partition coefficient (Wildman–Crippen LogP) is 2.97. The summed E-state index contributed by atoms with van der Waals surface area (Å²) >= 11 is 0. The van der Waals surface area contributed by atoms with Crippen LogP contribution in [0.15, 0.2) is 41.0 Å². The van der Waals surface area contributed by atoms with Crippen molar-refractivity contribution in [1.82, 2.24) is 0 Å². The van der Waals surface area contributed by atoms with Gasteiger partial charge in [-0.2, -0.15) is 0 Å². The number of ketones is 1. The highest BCUT2D eigenvalue weighted by Gasteiger charge is 2.25. The zero-order chi connectivity index (χ0) is 15.5. The van der Waals surface area contributed by atoms with Crippen LogP contribution >= 0.6 is 0 Å². The summed E-state index contributed by atoms with van der Waals surface area (Å²) in [6, 6.07) is 5.81. The van der Waals surface area contributed by atoms with Crippen LogP contribution in [0.2, 0.25) is 0 Å². The van der Waals surface area contributed by atoms with Crippen molar-refractivity contribution in [3.8, 4) is 5.75 Å². The van der Waals surface area contributed by atoms with Crippen LogP contribution in [0.25, 0.3) is 5.57 Å². The number of ether oxygens (including phenoxy) is 2. The number of fused-ring (bicyclic) bond motifs is 1. The molecule has 0 unspecified atom stereocenters. The third kappa shape index (κ3) is 2.88. The molecule has 0 saturated heterocycles. The topological polar surface area (TPSA) is 47.9 Å². The summed E-state index contributed by atoms with van der Waals surface area (Å²) in [5, 5.41) is 0. The lowest BCUT2D eigenvalue weighted by molar-refractivity contribution is -0.112. The Kier molecular flexibility index (Phi) is 4.20. The Labute approximate surface area is 130 Å². The number of methoxy groups -OCH3 is 2. The molecule has 4 nitrogen and oxygen atoms in total. The maximum Gasteiger partial charge on any atom is 0.167 e. The van der Waals surface area contributed by atoms with Gasteiger partial charge in [-0.15, -0.1) is 0 Å². The molecular weight excluding hydrogens is 278 g/mol. The summed E-state index contributed by atoms with van der Waals surface area (Å²) in [5.74, 6) is 0.936. The highest BCUT2D eigenvalue weighted by molar-refractivity contribution is 6.26. The SMILES string of the molecule is COCCC1=NC=C(/C=C2\C(=O)Cc3ccc(OC)cc32)C1. The van der Waals surface area contributed by atoms with Crippen molar-refractivity contribution in [3.63, 3.8) is 0 Å². The Morgan fingerprint density at radius 2 is 2.14 bits per heavy atom. The molecule has 22 heavy (non-hydrogen) atoms. The van der Waals surface area contributed by atoms with Crippen LogP contribution in [-0.4, -0.2) is 32.3 Å². The van der Waals surface area contributed by atoms with Gasteiger partial charge in [0.1, 0.15) is 5.75 Å². The molecule has 0 amide bonds. The lowest BCUT2D eigenvalue weighted by Crippen LogP contribution is -2.01. The molecule has 1 aliphatic carbocycles. The summed E-state index contributed by atoms with van der Waals surface area (Å²) < 4.78 is 10.3. The summed E-state index contributed by atoms with van der Waals surface area (Å²) in [7, 11) is 3.32. The number of rotatable bonds is 5. The molecule has 0 saturated carbocycles. The first-order chi connectivity index (χ1) is 10.7. The second-order valence-electron chi connectivity index (χ2n) is 5.50. The van der Waals surface area contributed by atoms with Crippen molar-refractivity contribution in [3.05, 3.63) is 47.2 Å². The first kappa shape index (κ1) is 14.7. The molecule has 0 radical (unpaired) electrons. The number of nitrogens with zero attached hydrogens (tertiary/aromatic N) is 1. The second-order valence-corrected chi connectivity index (χ2v) is 5.50. The molecule has 1 aromatic rings. The van der Waals surface area contributed by atoms with Crippen LogP contribution in [0.3, 0.4) is 0 Å². The van der Waals surface area contributed by atoms with Crippen LogP contribution in [-0.2, 0) is 16.0 Å². The predicted molar refractivity (Wildman–Crippen MR) is 86.3 cm³/mol. The van der Waals surface area contributed by atoms with E-state index in [1.165, 1.54) is 0 Å². The molecule has 0 atom stereocenters. The van der Waals surface area contributed by atoms with E-state index in [4.69, 9.17) is 9.47 Å². The molecule has 114 valence electrons. The monoisotopic (exact) mass is 297 g/mol. The van der Waals surface area contributed by atoms with Crippen LogP contribution in [0.1, 0.15) is 24.0 Å². The van der Waals surface area contributed by atoms with E-state index in [9.17, 15) is 4.79 Å². The van der Waals surface area contributed by atoms with Crippen molar-refractivity contribution < 1.29 is 14.3 Å². The summed E-state index contributed by atoms with van der Waals surface area (Å²) in [5.41, 5.74) is 4.99. The van der Waals surface area contributed by atoms with E-state index >= 15 is 0 Å². The van der Waals surface area contributed by atoms with Gasteiger partial charge in [0.15, 0.2) is 5.78 Å². The molecule has 0 spiro atoms. The number of carbonyl (C=O) groups is 1. The minimum Gasteiger partial charge on any atom is -0.497 e. The standard InChI is InChI=1S/C18H19NO3/c1-21-6-5-14-7-12(11-19-14)8-17-16-10-15(22-2)4-3-13(16)9-18(17)20/h3-4,8,10-11H,5-7,9H2,1-2H3/b17-8-. The Morgan fingerprint density at radius 1 is 1.27 bits per heavy atom. The van der Waals surface area contributed by atoms with E-state index in [0.717, 1.165) is 46.6 Å². The zero-order valence-corrected chi connectivity index (χ0v) is 12.9. The van der Waals surface area contributed by atoms with Gasteiger partial charge < -0.3 is 9.47 Å². The quantitative estimate of drug-likeness (QED) is 0.785. The normalized spacial score (nSPS) is 18.5. The molecule has 1 heterocycles. The molecule has 2 aliphatic rings. The maximum absolute atomic E-state index is 12.3. The van der Waals surface area contributed by atoms with Crippen molar-refractivity contribution >= 4 is 17.1 Å². The van der Waals surface area contributed by atoms with E-state index in [-0.39, 0.29) is 5.78 Å². The Balaban J connectivity index is 1.81. The zero-order valence-electron chi connectivity index (χ0n) is 12.9. The average Bonchev–Trinajstić information content (AvgIpc) is 3.10. The van der Waals surface area contributed by atoms with Crippen LogP contribution in [0.4, 0.5) is 0 Å². The van der Waals surface area contributed by atoms with E-state index < -0.39 is 0 Å². The largest absolute Gasteiger partial charge is 0.497 e. The van der Waals surface area contributed by atoms with Crippen LogP contribution in [0, 0.1) is 0 Å². The summed E-state index contributed by atoms with van der Waals surface area (Å²) in [4.78, 5) is 16.7. The number of carbonyl (C=O) groups excluding carboxylic acids is 1. The minimum absolute atomic E-state index is 0.162. The van der Waals surface area contributed by atoms with Crippen molar-refractivity contribution in [2.45, 2.75) is 19.3 Å². The number of allylic oxidation sites excluding steroid dienone is 3. The van der Waals surface area contributed by atoms with Crippen LogP contribution in [0.5, 0.6) is 5.75 Å². The number of aliphatic imine (C=N–C) groups is 1. The van der Waals surface area contributed by atoms with E-state index in [2.05, 4.69) is 4.99 Å². The Bertz CT molecular complexity index is 698. The highest BCUT2D eigenvalue weighted by Crippen LogP contribution is 2.34. The van der Waals surface area contributed by atoms with E-state index in [1.54, 1.807) is 14.2 Å². The third-order valence-electron chi connectivity index (χ3n) is 4.00. The fourth-order valence-corrected chi connectivity index (χ4v) is 2.81. The van der Waals surface area contributed by atoms with Gasteiger partial charge in [0.25, 0.3) is 0 Å². The van der Waals surface area contributed by atoms with Gasteiger partial charge in [0.2, 0.25) is 0 Å². The maximum atomic E-state index is 12.3. The molecule has 1 aromatic carbocycles. The number of benzene rings is 1. The molecule has 4 heteroatoms. The third-order valence-corrected chi connectivity index (χ3v) is 4.00. The smallest absolute Gasteiger partial charge is 0.167 e. The Morgan fingerprint density at radius 3 is 2.91 bits per heavy atom. The first-order valence-electron chi connectivity index (χ1n) is 7.37. The summed E-state index contributed by atoms with van der Waals surface area (Å²) in [6.45, 7) is 0.676. The molecule has 0 N–H and O–H groups in total. The van der Waals surface area contributed by atoms with Gasteiger partial charge in [-0.1, -0.05) is 6.07 Å². The fraction of sp³-hybridized carbons (Fsp3) is 0.333. The first-order valence-corrected chi connectivity index (χ1v) is 7.37. The van der Waals surface area contributed by atoms with Crippen LogP contribution < -0.4 is 4.74 Å². The van der Waals surface area contributed by atoms with E-state index in [1.807, 2.05) is 30.5 Å². The molecule has 0 bridgehead atoms. The lowest BCUT2D eigenvalue weighted by atomic mass is 10.0. The van der Waals surface area contributed by atoms with Gasteiger partial charge in [-0.05, 0) is 34.9 Å². The summed E-state index contributed by atoms with van der Waals surface area (Å²) in [6.07, 6.45) is 5.91. The lowest BCUT2D eigenvalue weighted by Gasteiger charge is -2.05. The van der Waals surface area contributed by atoms with Crippen molar-refractivity contribution in [2.24, 2.45) is 4.99 Å². The van der Waals surface area contributed by atoms with Gasteiger partial charge in [-0.3, -0.25) is 9.79 Å². The number of hydrogen-bond acceptors (Lipinski definition) is 4. The van der Waals surface area contributed by atoms with Crippen molar-refractivity contribution in [2.75, 3.05) is 20.8 Å². The minimum atomic E-state index is 0.162. The second kappa shape index (κ2) is 6.28. The van der Waals surface area contributed by atoms with Gasteiger partial charge in [0, 0.05) is 43.9 Å². The molecule has 1 aliphatic heterocycles. The van der Waals surface area contributed by atoms with Gasteiger partial charge in [-0.25, -0.2) is 0 Å². The fourth-order valence-electron chi connectivity index (χ4n) is 2.81. The average molecular weight is 297 g/mol. The van der Waals surface area contributed by atoms with Gasteiger partial charge >= 0.3 is 0 Å². The van der Waals surface area contributed by atoms with Crippen molar-refractivity contribution in [1.29, 1.82) is 0 Å². The molecule has 3 rings (SSSR count). The molecule has 0 fully saturated rings. The van der Waals surface area contributed by atoms with E-state index in [0.29, 0.717) is 13.0 Å². The number of Topliss-reactive ketones (excluding diaryl/α,β-unsaturated/α-hetero) is 1. The van der Waals surface area contributed by atoms with Gasteiger partial charge in [0.05, 0.1) is 13.7 Å². The molecule has 0 aromatic heterocycles. The Hall–Kier alpha value is -2.20. The highest BCUT2D eigenvalue weighted by atomic mass is 16.5.